The summed E-state index contributed by atoms with van der Waals surface area (Å²) in [5, 5.41) is 14.5. The third-order valence-corrected chi connectivity index (χ3v) is 3.13. The average Bonchev–Trinajstić information content (AvgIpc) is 3.17. The number of pyridine rings is 1. The van der Waals surface area contributed by atoms with E-state index in [0.717, 1.165) is 5.56 Å². The van der Waals surface area contributed by atoms with Gasteiger partial charge in [0, 0.05) is 18.4 Å². The fraction of sp³-hybridized carbons (Fsp3) is 0.462. The van der Waals surface area contributed by atoms with Crippen molar-refractivity contribution in [3.8, 4) is 0 Å². The predicted octanol–water partition coefficient (Wildman–Crippen LogP) is 1.89. The monoisotopic (exact) mass is 259 g/mol. The van der Waals surface area contributed by atoms with Crippen LogP contribution in [0.4, 0.5) is 6.01 Å². The number of anilines is 1. The molecular weight excluding hydrogens is 242 g/mol. The summed E-state index contributed by atoms with van der Waals surface area (Å²) in [7, 11) is 0. The molecule has 1 unspecified atom stereocenters. The van der Waals surface area contributed by atoms with E-state index in [9.17, 15) is 0 Å². The Morgan fingerprint density at radius 2 is 2.11 bits per heavy atom. The summed E-state index contributed by atoms with van der Waals surface area (Å²) in [5.74, 6) is 0.622. The summed E-state index contributed by atoms with van der Waals surface area (Å²) in [5.41, 5.74) is 1.13. The highest BCUT2D eigenvalue weighted by molar-refractivity contribution is 5.26. The van der Waals surface area contributed by atoms with E-state index in [4.69, 9.17) is 4.42 Å². The van der Waals surface area contributed by atoms with Crippen molar-refractivity contribution in [3.05, 3.63) is 36.0 Å². The van der Waals surface area contributed by atoms with Gasteiger partial charge in [0.1, 0.15) is 0 Å². The van der Waals surface area contributed by atoms with Crippen LogP contribution in [0.2, 0.25) is 0 Å². The Hall–Kier alpha value is -1.95. The molecule has 6 heteroatoms. The van der Waals surface area contributed by atoms with E-state index in [1.807, 2.05) is 19.1 Å². The SMILES string of the molecule is CC(Nc1nnc(CNC2CC2)o1)c1ccncc1. The second-order valence-electron chi connectivity index (χ2n) is 4.80. The van der Waals surface area contributed by atoms with Gasteiger partial charge in [-0.3, -0.25) is 4.98 Å². The first-order valence-corrected chi connectivity index (χ1v) is 6.53. The van der Waals surface area contributed by atoms with Crippen molar-refractivity contribution in [2.45, 2.75) is 38.4 Å². The molecule has 19 heavy (non-hydrogen) atoms. The molecule has 1 atom stereocenters. The fourth-order valence-corrected chi connectivity index (χ4v) is 1.82. The van der Waals surface area contributed by atoms with Gasteiger partial charge in [-0.2, -0.15) is 0 Å². The molecule has 0 spiro atoms. The van der Waals surface area contributed by atoms with Gasteiger partial charge < -0.3 is 15.1 Å². The second kappa shape index (κ2) is 5.36. The van der Waals surface area contributed by atoms with Crippen LogP contribution in [-0.2, 0) is 6.54 Å². The molecule has 0 aliphatic heterocycles. The Kier molecular flexibility index (Phi) is 3.41. The molecule has 100 valence electrons. The molecule has 2 N–H and O–H groups in total. The normalized spacial score (nSPS) is 16.3. The number of aromatic nitrogens is 3. The summed E-state index contributed by atoms with van der Waals surface area (Å²) < 4.78 is 5.54. The molecular formula is C13H17N5O. The topological polar surface area (TPSA) is 75.9 Å². The minimum absolute atomic E-state index is 0.104. The van der Waals surface area contributed by atoms with Crippen LogP contribution < -0.4 is 10.6 Å². The van der Waals surface area contributed by atoms with Crippen molar-refractivity contribution in [2.24, 2.45) is 0 Å². The highest BCUT2D eigenvalue weighted by Crippen LogP contribution is 2.20. The van der Waals surface area contributed by atoms with Crippen LogP contribution in [0.15, 0.2) is 28.9 Å². The lowest BCUT2D eigenvalue weighted by Gasteiger charge is -2.11. The molecule has 0 bridgehead atoms. The zero-order valence-electron chi connectivity index (χ0n) is 10.8. The minimum atomic E-state index is 0.104. The van der Waals surface area contributed by atoms with Crippen LogP contribution in [0.3, 0.4) is 0 Å². The van der Waals surface area contributed by atoms with Crippen LogP contribution >= 0.6 is 0 Å². The van der Waals surface area contributed by atoms with E-state index in [1.54, 1.807) is 12.4 Å². The number of nitrogens with one attached hydrogen (secondary N) is 2. The third kappa shape index (κ3) is 3.29. The molecule has 3 rings (SSSR count). The maximum absolute atomic E-state index is 5.54. The van der Waals surface area contributed by atoms with Gasteiger partial charge in [0.2, 0.25) is 5.89 Å². The molecule has 1 saturated carbocycles. The quantitative estimate of drug-likeness (QED) is 0.825. The largest absolute Gasteiger partial charge is 0.407 e. The summed E-state index contributed by atoms with van der Waals surface area (Å²) in [6.45, 7) is 2.69. The van der Waals surface area contributed by atoms with Crippen LogP contribution in [-0.4, -0.2) is 21.2 Å². The molecule has 2 heterocycles. The van der Waals surface area contributed by atoms with Gasteiger partial charge in [0.15, 0.2) is 0 Å². The van der Waals surface area contributed by atoms with Gasteiger partial charge in [0.25, 0.3) is 0 Å². The summed E-state index contributed by atoms with van der Waals surface area (Å²) in [6.07, 6.45) is 6.04. The lowest BCUT2D eigenvalue weighted by molar-refractivity contribution is 0.473. The van der Waals surface area contributed by atoms with Crippen LogP contribution in [0.25, 0.3) is 0 Å². The van der Waals surface area contributed by atoms with Crippen molar-refractivity contribution >= 4 is 6.01 Å². The van der Waals surface area contributed by atoms with E-state index in [-0.39, 0.29) is 6.04 Å². The van der Waals surface area contributed by atoms with E-state index in [1.165, 1.54) is 12.8 Å². The standard InChI is InChI=1S/C13H17N5O/c1-9(10-4-6-14-7-5-10)16-13-18-17-12(19-13)8-15-11-2-3-11/h4-7,9,11,15H,2-3,8H2,1H3,(H,16,18). The van der Waals surface area contributed by atoms with Crippen LogP contribution in [0.5, 0.6) is 0 Å². The number of nitrogens with zero attached hydrogens (tertiary/aromatic N) is 3. The number of hydrogen-bond donors (Lipinski definition) is 2. The number of hydrogen-bond acceptors (Lipinski definition) is 6. The first-order valence-electron chi connectivity index (χ1n) is 6.53. The maximum atomic E-state index is 5.54. The molecule has 0 aromatic carbocycles. The highest BCUT2D eigenvalue weighted by Gasteiger charge is 2.21. The van der Waals surface area contributed by atoms with Crippen molar-refractivity contribution in [1.82, 2.24) is 20.5 Å². The van der Waals surface area contributed by atoms with Crippen molar-refractivity contribution in [1.29, 1.82) is 0 Å². The Labute approximate surface area is 111 Å². The minimum Gasteiger partial charge on any atom is -0.407 e. The first-order chi connectivity index (χ1) is 9.31. The van der Waals surface area contributed by atoms with Gasteiger partial charge in [-0.05, 0) is 37.5 Å². The van der Waals surface area contributed by atoms with Crippen LogP contribution in [0, 0.1) is 0 Å². The molecule has 0 saturated heterocycles. The van der Waals surface area contributed by atoms with E-state index >= 15 is 0 Å². The van der Waals surface area contributed by atoms with Gasteiger partial charge in [0.05, 0.1) is 12.6 Å². The van der Waals surface area contributed by atoms with Crippen molar-refractivity contribution in [3.63, 3.8) is 0 Å². The fourth-order valence-electron chi connectivity index (χ4n) is 1.82. The summed E-state index contributed by atoms with van der Waals surface area (Å²) in [6, 6.07) is 5.12. The van der Waals surface area contributed by atoms with E-state index in [0.29, 0.717) is 24.5 Å². The average molecular weight is 259 g/mol. The molecule has 0 amide bonds. The second-order valence-corrected chi connectivity index (χ2v) is 4.80. The Morgan fingerprint density at radius 3 is 2.84 bits per heavy atom. The molecule has 1 aliphatic rings. The van der Waals surface area contributed by atoms with Gasteiger partial charge in [-0.25, -0.2) is 0 Å². The van der Waals surface area contributed by atoms with E-state index in [2.05, 4.69) is 25.8 Å². The molecule has 1 fully saturated rings. The smallest absolute Gasteiger partial charge is 0.315 e. The Bertz CT molecular complexity index is 523. The Morgan fingerprint density at radius 1 is 1.32 bits per heavy atom. The molecule has 0 radical (unpaired) electrons. The first kappa shape index (κ1) is 12.1. The van der Waals surface area contributed by atoms with Gasteiger partial charge >= 0.3 is 6.01 Å². The molecule has 2 aromatic heterocycles. The van der Waals surface area contributed by atoms with Crippen molar-refractivity contribution in [2.75, 3.05) is 5.32 Å². The Balaban J connectivity index is 1.56. The lowest BCUT2D eigenvalue weighted by Crippen LogP contribution is -2.15. The molecule has 6 nitrogen and oxygen atoms in total. The maximum Gasteiger partial charge on any atom is 0.315 e. The zero-order valence-corrected chi connectivity index (χ0v) is 10.8. The molecule has 2 aromatic rings. The lowest BCUT2D eigenvalue weighted by atomic mass is 10.1. The predicted molar refractivity (Wildman–Crippen MR) is 70.4 cm³/mol. The highest BCUT2D eigenvalue weighted by atomic mass is 16.4. The summed E-state index contributed by atoms with van der Waals surface area (Å²) >= 11 is 0. The van der Waals surface area contributed by atoms with Crippen molar-refractivity contribution < 1.29 is 4.42 Å². The molecule has 1 aliphatic carbocycles. The van der Waals surface area contributed by atoms with E-state index < -0.39 is 0 Å². The van der Waals surface area contributed by atoms with Gasteiger partial charge in [-0.1, -0.05) is 5.10 Å². The van der Waals surface area contributed by atoms with Crippen LogP contribution in [0.1, 0.15) is 37.3 Å². The van der Waals surface area contributed by atoms with Gasteiger partial charge in [-0.15, -0.1) is 5.10 Å². The third-order valence-electron chi connectivity index (χ3n) is 3.13. The number of rotatable bonds is 6. The summed E-state index contributed by atoms with van der Waals surface area (Å²) in [4.78, 5) is 4.00. The zero-order chi connectivity index (χ0) is 13.1.